The second kappa shape index (κ2) is 5.99. The number of hydrazone groups is 1. The van der Waals surface area contributed by atoms with Crippen molar-refractivity contribution in [2.75, 3.05) is 21.1 Å². The Labute approximate surface area is 141 Å². The molecule has 7 heteroatoms. The predicted octanol–water partition coefficient (Wildman–Crippen LogP) is 1.44. The molecule has 2 N–H and O–H groups in total. The molecule has 130 valence electrons. The summed E-state index contributed by atoms with van der Waals surface area (Å²) in [7, 11) is 4.90. The fourth-order valence-electron chi connectivity index (χ4n) is 2.87. The molecule has 0 fully saturated rings. The molecule has 0 aliphatic carbocycles. The van der Waals surface area contributed by atoms with Crippen LogP contribution in [0.5, 0.6) is 0 Å². The average Bonchev–Trinajstić information content (AvgIpc) is 2.79. The van der Waals surface area contributed by atoms with E-state index in [1.807, 2.05) is 20.8 Å². The van der Waals surface area contributed by atoms with Gasteiger partial charge in [0.2, 0.25) is 0 Å². The zero-order chi connectivity index (χ0) is 18.3. The molecule has 0 saturated heterocycles. The fourth-order valence-corrected chi connectivity index (χ4v) is 2.87. The Morgan fingerprint density at radius 3 is 2.21 bits per heavy atom. The molecule has 0 saturated carbocycles. The summed E-state index contributed by atoms with van der Waals surface area (Å²) in [4.78, 5) is 26.3. The first-order valence-electron chi connectivity index (χ1n) is 7.67. The van der Waals surface area contributed by atoms with Crippen LogP contribution in [0.2, 0.25) is 0 Å². The number of nitrogens with zero attached hydrogens (tertiary/aromatic N) is 3. The van der Waals surface area contributed by atoms with Gasteiger partial charge in [0.25, 0.3) is 11.8 Å². The van der Waals surface area contributed by atoms with Crippen molar-refractivity contribution in [1.29, 1.82) is 0 Å². The molecule has 1 aromatic rings. The molecule has 0 aromatic heterocycles. The quantitative estimate of drug-likeness (QED) is 0.820. The van der Waals surface area contributed by atoms with Crippen molar-refractivity contribution < 1.29 is 14.8 Å². The number of carbonyl (C=O) groups excluding carboxylic acids is 2. The van der Waals surface area contributed by atoms with E-state index in [1.54, 1.807) is 45.4 Å². The van der Waals surface area contributed by atoms with Gasteiger partial charge in [0.15, 0.2) is 5.54 Å². The van der Waals surface area contributed by atoms with Crippen LogP contribution in [0.4, 0.5) is 0 Å². The topological polar surface area (TPSA) is 85.2 Å². The number of carbonyl (C=O) groups is 2. The SMILES string of the molecule is CN(C)C(=O)c1ccc(C2(NO)C(=O)N(C)N=C2C(C)(C)C)cc1. The Hall–Kier alpha value is -2.25. The van der Waals surface area contributed by atoms with Gasteiger partial charge >= 0.3 is 0 Å². The maximum absolute atomic E-state index is 12.8. The minimum Gasteiger partial charge on any atom is -0.345 e. The zero-order valence-corrected chi connectivity index (χ0v) is 14.9. The lowest BCUT2D eigenvalue weighted by Crippen LogP contribution is -2.56. The van der Waals surface area contributed by atoms with E-state index in [0.717, 1.165) is 0 Å². The van der Waals surface area contributed by atoms with Gasteiger partial charge in [0.05, 0.1) is 5.71 Å². The molecule has 1 heterocycles. The standard InChI is InChI=1S/C17H24N4O3/c1-16(2,3)14-17(19-24,15(23)21(6)18-14)12-9-7-11(8-10-12)13(22)20(4)5/h7-10,19,24H,1-6H3. The highest BCUT2D eigenvalue weighted by Crippen LogP contribution is 2.38. The molecule has 0 spiro atoms. The molecular weight excluding hydrogens is 308 g/mol. The highest BCUT2D eigenvalue weighted by atomic mass is 16.5. The lowest BCUT2D eigenvalue weighted by molar-refractivity contribution is -0.136. The summed E-state index contributed by atoms with van der Waals surface area (Å²) in [6.07, 6.45) is 0. The third-order valence-electron chi connectivity index (χ3n) is 4.07. The Morgan fingerprint density at radius 1 is 1.25 bits per heavy atom. The van der Waals surface area contributed by atoms with Crippen LogP contribution < -0.4 is 5.48 Å². The third kappa shape index (κ3) is 2.70. The molecular formula is C17H24N4O3. The summed E-state index contributed by atoms with van der Waals surface area (Å²) in [5.41, 5.74) is 1.83. The van der Waals surface area contributed by atoms with Crippen LogP contribution in [0.15, 0.2) is 29.4 Å². The van der Waals surface area contributed by atoms with Crippen LogP contribution in [0.3, 0.4) is 0 Å². The minimum absolute atomic E-state index is 0.132. The molecule has 1 aliphatic heterocycles. The highest BCUT2D eigenvalue weighted by molar-refractivity contribution is 6.18. The van der Waals surface area contributed by atoms with Gasteiger partial charge in [-0.2, -0.15) is 10.6 Å². The molecule has 1 aromatic carbocycles. The second-order valence-electron chi connectivity index (χ2n) is 7.17. The summed E-state index contributed by atoms with van der Waals surface area (Å²) in [5.74, 6) is -0.506. The zero-order valence-electron chi connectivity index (χ0n) is 14.9. The van der Waals surface area contributed by atoms with E-state index in [9.17, 15) is 14.8 Å². The number of rotatable bonds is 3. The third-order valence-corrected chi connectivity index (χ3v) is 4.07. The van der Waals surface area contributed by atoms with Crippen LogP contribution in [0.1, 0.15) is 36.7 Å². The van der Waals surface area contributed by atoms with Gasteiger partial charge in [0, 0.05) is 32.1 Å². The molecule has 0 radical (unpaired) electrons. The van der Waals surface area contributed by atoms with Gasteiger partial charge in [-0.15, -0.1) is 0 Å². The van der Waals surface area contributed by atoms with Crippen LogP contribution in [0, 0.1) is 5.41 Å². The van der Waals surface area contributed by atoms with Gasteiger partial charge < -0.3 is 10.1 Å². The largest absolute Gasteiger partial charge is 0.345 e. The molecule has 1 unspecified atom stereocenters. The van der Waals surface area contributed by atoms with Crippen molar-refractivity contribution in [3.8, 4) is 0 Å². The summed E-state index contributed by atoms with van der Waals surface area (Å²) in [5, 5.41) is 15.5. The molecule has 7 nitrogen and oxygen atoms in total. The van der Waals surface area contributed by atoms with Crippen LogP contribution in [-0.2, 0) is 10.3 Å². The lowest BCUT2D eigenvalue weighted by Gasteiger charge is -2.33. The second-order valence-corrected chi connectivity index (χ2v) is 7.17. The molecule has 0 bridgehead atoms. The lowest BCUT2D eigenvalue weighted by atomic mass is 9.74. The monoisotopic (exact) mass is 332 g/mol. The Bertz CT molecular complexity index is 689. The minimum atomic E-state index is -1.45. The smallest absolute Gasteiger partial charge is 0.275 e. The Kier molecular flexibility index (Phi) is 4.52. The van der Waals surface area contributed by atoms with Gasteiger partial charge in [-0.05, 0) is 17.7 Å². The Morgan fingerprint density at radius 2 is 1.79 bits per heavy atom. The number of nitrogens with one attached hydrogen (secondary N) is 1. The maximum Gasteiger partial charge on any atom is 0.275 e. The number of amides is 2. The van der Waals surface area contributed by atoms with Crippen molar-refractivity contribution in [2.24, 2.45) is 10.5 Å². The first kappa shape index (κ1) is 18.1. The first-order chi connectivity index (χ1) is 11.1. The van der Waals surface area contributed by atoms with Crippen molar-refractivity contribution >= 4 is 17.5 Å². The van der Waals surface area contributed by atoms with Crippen LogP contribution >= 0.6 is 0 Å². The van der Waals surface area contributed by atoms with Gasteiger partial charge in [-0.1, -0.05) is 32.9 Å². The first-order valence-corrected chi connectivity index (χ1v) is 7.67. The van der Waals surface area contributed by atoms with Gasteiger partial charge in [-0.3, -0.25) is 9.59 Å². The van der Waals surface area contributed by atoms with Crippen LogP contribution in [0.25, 0.3) is 0 Å². The van der Waals surface area contributed by atoms with E-state index in [2.05, 4.69) is 10.6 Å². The predicted molar refractivity (Wildman–Crippen MR) is 90.7 cm³/mol. The Balaban J connectivity index is 2.56. The summed E-state index contributed by atoms with van der Waals surface area (Å²) in [6, 6.07) is 6.61. The van der Waals surface area contributed by atoms with E-state index in [0.29, 0.717) is 16.8 Å². The molecule has 1 atom stereocenters. The van der Waals surface area contributed by atoms with E-state index in [-0.39, 0.29) is 11.8 Å². The van der Waals surface area contributed by atoms with Crippen molar-refractivity contribution in [1.82, 2.24) is 15.4 Å². The number of hydroxylamine groups is 1. The van der Waals surface area contributed by atoms with Gasteiger partial charge in [0.1, 0.15) is 0 Å². The molecule has 24 heavy (non-hydrogen) atoms. The van der Waals surface area contributed by atoms with Crippen molar-refractivity contribution in [3.05, 3.63) is 35.4 Å². The average molecular weight is 332 g/mol. The number of hydrogen-bond donors (Lipinski definition) is 2. The molecule has 1 aliphatic rings. The van der Waals surface area contributed by atoms with E-state index >= 15 is 0 Å². The summed E-state index contributed by atoms with van der Waals surface area (Å²) >= 11 is 0. The van der Waals surface area contributed by atoms with Gasteiger partial charge in [-0.25, -0.2) is 5.01 Å². The number of likely N-dealkylation sites (N-methyl/N-ethyl adjacent to an activating group) is 1. The molecule has 2 rings (SSSR count). The van der Waals surface area contributed by atoms with Crippen molar-refractivity contribution in [2.45, 2.75) is 26.3 Å². The fraction of sp³-hybridized carbons (Fsp3) is 0.471. The highest BCUT2D eigenvalue weighted by Gasteiger charge is 2.55. The number of hydrogen-bond acceptors (Lipinski definition) is 5. The van der Waals surface area contributed by atoms with Crippen LogP contribution in [-0.4, -0.2) is 53.8 Å². The summed E-state index contributed by atoms with van der Waals surface area (Å²) in [6.45, 7) is 5.77. The van der Waals surface area contributed by atoms with Crippen molar-refractivity contribution in [3.63, 3.8) is 0 Å². The normalized spacial score (nSPS) is 21.0. The molecule has 2 amide bonds. The van der Waals surface area contributed by atoms with E-state index in [1.165, 1.54) is 9.91 Å². The number of benzene rings is 1. The van der Waals surface area contributed by atoms with E-state index < -0.39 is 11.0 Å². The maximum atomic E-state index is 12.8. The summed E-state index contributed by atoms with van der Waals surface area (Å²) < 4.78 is 0. The van der Waals surface area contributed by atoms with E-state index in [4.69, 9.17) is 0 Å².